The quantitative estimate of drug-likeness (QED) is 0.348. The van der Waals surface area contributed by atoms with Crippen LogP contribution in [0.2, 0.25) is 0 Å². The number of hydrogen-bond donors (Lipinski definition) is 1. The number of nitrogens with one attached hydrogen (secondary N) is 1. The summed E-state index contributed by atoms with van der Waals surface area (Å²) in [4.78, 5) is 43.2. The lowest BCUT2D eigenvalue weighted by Gasteiger charge is -2.10. The Morgan fingerprint density at radius 3 is 2.47 bits per heavy atom. The number of carbonyl (C=O) groups excluding carboxylic acids is 3. The lowest BCUT2D eigenvalue weighted by atomic mass is 10.1. The highest BCUT2D eigenvalue weighted by molar-refractivity contribution is 7.18. The van der Waals surface area contributed by atoms with Crippen molar-refractivity contribution < 1.29 is 23.9 Å². The standard InChI is InChI=1S/C26H26N4O5S/c1-6-34-26(33)21-16(5)20(25(32)35-14(2)3)24(36-21)29-23(31)18-13-28-30-19(11-12-27-22(18)30)17-9-7-15(4)8-10-17/h7-14H,6H2,1-5H3,(H,29,31). The van der Waals surface area contributed by atoms with Crippen LogP contribution < -0.4 is 5.32 Å². The van der Waals surface area contributed by atoms with Crippen LogP contribution in [0.5, 0.6) is 0 Å². The summed E-state index contributed by atoms with van der Waals surface area (Å²) in [5.41, 5.74) is 3.91. The number of benzene rings is 1. The number of rotatable bonds is 7. The number of ether oxygens (including phenoxy) is 2. The second kappa shape index (κ2) is 10.3. The number of thiophene rings is 1. The summed E-state index contributed by atoms with van der Waals surface area (Å²) in [5, 5.41) is 7.34. The van der Waals surface area contributed by atoms with E-state index in [1.54, 1.807) is 38.4 Å². The molecule has 0 aliphatic heterocycles. The number of esters is 2. The largest absolute Gasteiger partial charge is 0.462 e. The van der Waals surface area contributed by atoms with Crippen molar-refractivity contribution in [2.45, 2.75) is 40.7 Å². The number of nitrogens with zero attached hydrogens (tertiary/aromatic N) is 3. The van der Waals surface area contributed by atoms with Gasteiger partial charge in [0.25, 0.3) is 5.91 Å². The van der Waals surface area contributed by atoms with Gasteiger partial charge in [-0.1, -0.05) is 29.8 Å². The minimum atomic E-state index is -0.635. The highest BCUT2D eigenvalue weighted by Gasteiger charge is 2.29. The van der Waals surface area contributed by atoms with Gasteiger partial charge in [-0.3, -0.25) is 4.79 Å². The molecule has 1 amide bonds. The SMILES string of the molecule is CCOC(=O)c1sc(NC(=O)c2cnn3c(-c4ccc(C)cc4)ccnc23)c(C(=O)OC(C)C)c1C. The van der Waals surface area contributed by atoms with Crippen molar-refractivity contribution in [1.82, 2.24) is 14.6 Å². The van der Waals surface area contributed by atoms with Crippen molar-refractivity contribution in [3.8, 4) is 11.3 Å². The fraction of sp³-hybridized carbons (Fsp3) is 0.269. The third-order valence-corrected chi connectivity index (χ3v) is 6.56. The molecule has 0 fully saturated rings. The summed E-state index contributed by atoms with van der Waals surface area (Å²) < 4.78 is 12.1. The van der Waals surface area contributed by atoms with Crippen LogP contribution in [0.1, 0.15) is 62.3 Å². The maximum absolute atomic E-state index is 13.3. The number of amides is 1. The van der Waals surface area contributed by atoms with E-state index in [2.05, 4.69) is 15.4 Å². The molecule has 186 valence electrons. The van der Waals surface area contributed by atoms with Crippen molar-refractivity contribution in [3.05, 3.63) is 69.9 Å². The van der Waals surface area contributed by atoms with Crippen molar-refractivity contribution in [3.63, 3.8) is 0 Å². The fourth-order valence-corrected chi connectivity index (χ4v) is 4.76. The van der Waals surface area contributed by atoms with Crippen LogP contribution >= 0.6 is 11.3 Å². The first kappa shape index (κ1) is 25.1. The van der Waals surface area contributed by atoms with Crippen molar-refractivity contribution in [2.24, 2.45) is 0 Å². The smallest absolute Gasteiger partial charge is 0.348 e. The van der Waals surface area contributed by atoms with E-state index in [1.165, 1.54) is 6.20 Å². The maximum Gasteiger partial charge on any atom is 0.348 e. The monoisotopic (exact) mass is 506 g/mol. The van der Waals surface area contributed by atoms with Crippen LogP contribution in [0.25, 0.3) is 16.9 Å². The van der Waals surface area contributed by atoms with Gasteiger partial charge in [0.15, 0.2) is 5.65 Å². The molecule has 0 aliphatic rings. The molecule has 10 heteroatoms. The zero-order valence-corrected chi connectivity index (χ0v) is 21.4. The molecule has 0 radical (unpaired) electrons. The Morgan fingerprint density at radius 2 is 1.81 bits per heavy atom. The molecule has 0 saturated heterocycles. The number of aryl methyl sites for hydroxylation is 1. The summed E-state index contributed by atoms with van der Waals surface area (Å²) in [6, 6.07) is 9.76. The van der Waals surface area contributed by atoms with E-state index in [-0.39, 0.29) is 33.7 Å². The van der Waals surface area contributed by atoms with Crippen molar-refractivity contribution in [2.75, 3.05) is 11.9 Å². The summed E-state index contributed by atoms with van der Waals surface area (Å²) in [5.74, 6) is -1.72. The Kier molecular flexibility index (Phi) is 7.16. The van der Waals surface area contributed by atoms with E-state index in [0.717, 1.165) is 28.2 Å². The predicted molar refractivity (Wildman–Crippen MR) is 137 cm³/mol. The molecule has 4 rings (SSSR count). The Hall–Kier alpha value is -4.05. The second-order valence-electron chi connectivity index (χ2n) is 8.38. The Labute approximate surface area is 212 Å². The average Bonchev–Trinajstić information content (AvgIpc) is 3.40. The zero-order chi connectivity index (χ0) is 26.0. The molecule has 36 heavy (non-hydrogen) atoms. The highest BCUT2D eigenvalue weighted by Crippen LogP contribution is 2.35. The topological polar surface area (TPSA) is 112 Å². The molecule has 1 N–H and O–H groups in total. The maximum atomic E-state index is 13.3. The minimum Gasteiger partial charge on any atom is -0.462 e. The minimum absolute atomic E-state index is 0.120. The van der Waals surface area contributed by atoms with Crippen molar-refractivity contribution >= 4 is 39.8 Å². The Balaban J connectivity index is 1.72. The summed E-state index contributed by atoms with van der Waals surface area (Å²) in [6.45, 7) is 8.95. The molecular formula is C26H26N4O5S. The highest BCUT2D eigenvalue weighted by atomic mass is 32.1. The van der Waals surface area contributed by atoms with E-state index in [4.69, 9.17) is 9.47 Å². The van der Waals surface area contributed by atoms with Crippen LogP contribution in [0.4, 0.5) is 5.00 Å². The fourth-order valence-electron chi connectivity index (χ4n) is 3.68. The number of aromatic nitrogens is 3. The molecule has 3 aromatic heterocycles. The van der Waals surface area contributed by atoms with Crippen LogP contribution in [0, 0.1) is 13.8 Å². The lowest BCUT2D eigenvalue weighted by Crippen LogP contribution is -2.17. The van der Waals surface area contributed by atoms with Crippen molar-refractivity contribution in [1.29, 1.82) is 0 Å². The van der Waals surface area contributed by atoms with Gasteiger partial charge < -0.3 is 14.8 Å². The van der Waals surface area contributed by atoms with E-state index >= 15 is 0 Å². The molecule has 0 atom stereocenters. The third-order valence-electron chi connectivity index (χ3n) is 5.37. The summed E-state index contributed by atoms with van der Waals surface area (Å²) in [6.07, 6.45) is 2.66. The molecule has 0 spiro atoms. The van der Waals surface area contributed by atoms with E-state index < -0.39 is 17.8 Å². The first-order chi connectivity index (χ1) is 17.2. The number of fused-ring (bicyclic) bond motifs is 1. The Bertz CT molecular complexity index is 1450. The number of anilines is 1. The van der Waals surface area contributed by atoms with Gasteiger partial charge in [0.1, 0.15) is 15.4 Å². The van der Waals surface area contributed by atoms with Gasteiger partial charge in [0, 0.05) is 11.8 Å². The van der Waals surface area contributed by atoms with Gasteiger partial charge >= 0.3 is 11.9 Å². The molecule has 3 heterocycles. The molecule has 0 aliphatic carbocycles. The van der Waals surface area contributed by atoms with Crippen LogP contribution in [-0.4, -0.2) is 45.2 Å². The molecule has 4 aromatic rings. The van der Waals surface area contributed by atoms with Crippen LogP contribution in [0.15, 0.2) is 42.7 Å². The van der Waals surface area contributed by atoms with E-state index in [1.807, 2.05) is 37.3 Å². The first-order valence-corrected chi connectivity index (χ1v) is 12.3. The van der Waals surface area contributed by atoms with Gasteiger partial charge in [-0.15, -0.1) is 11.3 Å². The first-order valence-electron chi connectivity index (χ1n) is 11.4. The van der Waals surface area contributed by atoms with Gasteiger partial charge in [-0.25, -0.2) is 19.1 Å². The van der Waals surface area contributed by atoms with Gasteiger partial charge in [0.05, 0.1) is 30.2 Å². The molecule has 0 unspecified atom stereocenters. The number of carbonyl (C=O) groups is 3. The van der Waals surface area contributed by atoms with E-state index in [9.17, 15) is 14.4 Å². The normalized spacial score (nSPS) is 11.1. The van der Waals surface area contributed by atoms with E-state index in [0.29, 0.717) is 11.2 Å². The molecular weight excluding hydrogens is 480 g/mol. The van der Waals surface area contributed by atoms with Gasteiger partial charge in [-0.2, -0.15) is 5.10 Å². The summed E-state index contributed by atoms with van der Waals surface area (Å²) >= 11 is 0.967. The molecule has 0 bridgehead atoms. The predicted octanol–water partition coefficient (Wildman–Crippen LogP) is 5.07. The Morgan fingerprint density at radius 1 is 1.08 bits per heavy atom. The average molecular weight is 507 g/mol. The number of hydrogen-bond acceptors (Lipinski definition) is 8. The van der Waals surface area contributed by atoms with Gasteiger partial charge in [0.2, 0.25) is 0 Å². The molecule has 1 aromatic carbocycles. The third kappa shape index (κ3) is 4.85. The summed E-state index contributed by atoms with van der Waals surface area (Å²) in [7, 11) is 0. The van der Waals surface area contributed by atoms with Gasteiger partial charge in [-0.05, 0) is 46.2 Å². The second-order valence-corrected chi connectivity index (χ2v) is 9.40. The molecule has 0 saturated carbocycles. The zero-order valence-electron chi connectivity index (χ0n) is 20.6. The van der Waals surface area contributed by atoms with Crippen LogP contribution in [0.3, 0.4) is 0 Å². The lowest BCUT2D eigenvalue weighted by molar-refractivity contribution is 0.0379. The van der Waals surface area contributed by atoms with Crippen LogP contribution in [-0.2, 0) is 9.47 Å². The molecule has 9 nitrogen and oxygen atoms in total.